The second kappa shape index (κ2) is 9.45. The van der Waals surface area contributed by atoms with E-state index in [0.717, 1.165) is 6.42 Å². The van der Waals surface area contributed by atoms with Gasteiger partial charge in [0, 0.05) is 0 Å². The van der Waals surface area contributed by atoms with Crippen molar-refractivity contribution in [2.75, 3.05) is 0 Å². The first kappa shape index (κ1) is 12.4. The average molecular weight is 241 g/mol. The first-order valence-electron chi connectivity index (χ1n) is 4.53. The summed E-state index contributed by atoms with van der Waals surface area (Å²) in [5.74, 6) is 0. The van der Waals surface area contributed by atoms with Crippen molar-refractivity contribution < 1.29 is 29.1 Å². The molecule has 12 heavy (non-hydrogen) atoms. The van der Waals surface area contributed by atoms with Crippen LogP contribution in [0.1, 0.15) is 41.4 Å². The second-order valence-corrected chi connectivity index (χ2v) is 2.93. The van der Waals surface area contributed by atoms with Crippen LogP contribution in [-0.4, -0.2) is 0 Å². The fourth-order valence-electron chi connectivity index (χ4n) is 1.24. The van der Waals surface area contributed by atoms with Gasteiger partial charge in [-0.2, -0.15) is 18.9 Å². The summed E-state index contributed by atoms with van der Waals surface area (Å²) >= 11 is 0. The third kappa shape index (κ3) is 7.04. The molecule has 0 aliphatic heterocycles. The molecule has 0 radical (unpaired) electrons. The van der Waals surface area contributed by atoms with Gasteiger partial charge in [-0.3, -0.25) is 6.08 Å². The Labute approximate surface area is 98.2 Å². The zero-order valence-corrected chi connectivity index (χ0v) is 10.0. The van der Waals surface area contributed by atoms with Crippen LogP contribution in [0.4, 0.5) is 0 Å². The van der Waals surface area contributed by atoms with Crippen LogP contribution in [0.2, 0.25) is 0 Å². The van der Waals surface area contributed by atoms with Crippen molar-refractivity contribution in [3.8, 4) is 0 Å². The maximum Gasteiger partial charge on any atom is 4.00 e. The van der Waals surface area contributed by atoms with Crippen molar-refractivity contribution in [2.24, 2.45) is 0 Å². The molecule has 0 amide bonds. The van der Waals surface area contributed by atoms with Gasteiger partial charge in [0.25, 0.3) is 0 Å². The SMILES string of the molecule is [C-]1=CC=CC1.[CH-]1CCCCC1.[H-].[H-].[Zr+4]. The molecule has 0 saturated heterocycles. The van der Waals surface area contributed by atoms with E-state index in [9.17, 15) is 0 Å². The van der Waals surface area contributed by atoms with E-state index in [2.05, 4.69) is 18.6 Å². The van der Waals surface area contributed by atoms with Gasteiger partial charge >= 0.3 is 26.2 Å². The molecule has 1 saturated carbocycles. The molecule has 2 rings (SSSR count). The number of rotatable bonds is 0. The number of allylic oxidation sites excluding steroid dienone is 4. The van der Waals surface area contributed by atoms with Crippen molar-refractivity contribution in [1.82, 2.24) is 0 Å². The monoisotopic (exact) mass is 240 g/mol. The van der Waals surface area contributed by atoms with Gasteiger partial charge in [0.2, 0.25) is 0 Å². The number of hydrogen-bond donors (Lipinski definition) is 0. The molecule has 0 N–H and O–H groups in total. The molecule has 0 aromatic carbocycles. The maximum atomic E-state index is 2.99. The van der Waals surface area contributed by atoms with Crippen molar-refractivity contribution >= 4 is 0 Å². The second-order valence-electron chi connectivity index (χ2n) is 2.93. The van der Waals surface area contributed by atoms with Crippen LogP contribution >= 0.6 is 0 Å². The molecule has 0 unspecified atom stereocenters. The fourth-order valence-corrected chi connectivity index (χ4v) is 1.24. The van der Waals surface area contributed by atoms with E-state index in [1.807, 2.05) is 12.2 Å². The molecule has 66 valence electrons. The Hall–Kier alpha value is 0.363. The standard InChI is InChI=1S/C6H11.C5H5.Zr.2H/c1-2-4-6-5-3-1;1-2-4-5-3-1;;;/h1H,2-6H2;1-3H,4H2;;;/q2*-1;+4;2*-1. The number of hydrogen-bond acceptors (Lipinski definition) is 0. The molecule has 2 aliphatic carbocycles. The normalized spacial score (nSPS) is 19.3. The van der Waals surface area contributed by atoms with Gasteiger partial charge in [0.05, 0.1) is 0 Å². The van der Waals surface area contributed by atoms with Gasteiger partial charge in [-0.05, 0) is 0 Å². The molecule has 1 heteroatoms. The van der Waals surface area contributed by atoms with E-state index in [1.54, 1.807) is 0 Å². The minimum atomic E-state index is 0. The van der Waals surface area contributed by atoms with E-state index in [1.165, 1.54) is 32.1 Å². The predicted octanol–water partition coefficient (Wildman–Crippen LogP) is 3.68. The van der Waals surface area contributed by atoms with Crippen molar-refractivity contribution in [3.05, 3.63) is 30.7 Å². The quantitative estimate of drug-likeness (QED) is 0.568. The Kier molecular flexibility index (Phi) is 9.74. The zero-order chi connectivity index (χ0) is 7.78. The van der Waals surface area contributed by atoms with E-state index >= 15 is 0 Å². The van der Waals surface area contributed by atoms with Crippen LogP contribution in [0.25, 0.3) is 0 Å². The Morgan fingerprint density at radius 1 is 1.17 bits per heavy atom. The Bertz CT molecular complexity index is 119. The Balaban J connectivity index is -0.000000144. The molecule has 0 spiro atoms. The smallest absolute Gasteiger partial charge is 1.00 e. The first-order valence-corrected chi connectivity index (χ1v) is 4.53. The van der Waals surface area contributed by atoms with Crippen molar-refractivity contribution in [1.29, 1.82) is 0 Å². The summed E-state index contributed by atoms with van der Waals surface area (Å²) in [5.41, 5.74) is 0. The molecule has 0 atom stereocenters. The molecule has 2 aliphatic rings. The molecule has 0 aromatic rings. The molecule has 0 nitrogen and oxygen atoms in total. The zero-order valence-electron chi connectivity index (χ0n) is 9.55. The predicted molar refractivity (Wildman–Crippen MR) is 51.2 cm³/mol. The van der Waals surface area contributed by atoms with Gasteiger partial charge < -0.3 is 9.27 Å². The first-order chi connectivity index (χ1) is 5.50. The fraction of sp³-hybridized carbons (Fsp3) is 0.545. The Morgan fingerprint density at radius 2 is 1.92 bits per heavy atom. The van der Waals surface area contributed by atoms with Crippen LogP contribution in [0.15, 0.2) is 18.2 Å². The van der Waals surface area contributed by atoms with Gasteiger partial charge in [-0.25, -0.2) is 12.2 Å². The van der Waals surface area contributed by atoms with Crippen LogP contribution in [0, 0.1) is 12.5 Å². The molecule has 0 aromatic heterocycles. The van der Waals surface area contributed by atoms with E-state index in [-0.39, 0.29) is 29.1 Å². The topological polar surface area (TPSA) is 0 Å². The summed E-state index contributed by atoms with van der Waals surface area (Å²) in [6.45, 7) is 0. The maximum absolute atomic E-state index is 2.99. The third-order valence-corrected chi connectivity index (χ3v) is 1.90. The summed E-state index contributed by atoms with van der Waals surface area (Å²) in [6.07, 6.45) is 19.5. The van der Waals surface area contributed by atoms with Crippen molar-refractivity contribution in [3.63, 3.8) is 0 Å². The van der Waals surface area contributed by atoms with E-state index in [0.29, 0.717) is 0 Å². The van der Waals surface area contributed by atoms with E-state index in [4.69, 9.17) is 0 Å². The molecular formula is C11H18Zr. The summed E-state index contributed by atoms with van der Waals surface area (Å²) in [4.78, 5) is 0. The third-order valence-electron chi connectivity index (χ3n) is 1.90. The molecule has 1 fully saturated rings. The molecule has 0 bridgehead atoms. The Morgan fingerprint density at radius 3 is 2.08 bits per heavy atom. The van der Waals surface area contributed by atoms with Crippen LogP contribution in [0.5, 0.6) is 0 Å². The summed E-state index contributed by atoms with van der Waals surface area (Å²) in [5, 5.41) is 0. The van der Waals surface area contributed by atoms with Crippen LogP contribution < -0.4 is 0 Å². The van der Waals surface area contributed by atoms with Crippen molar-refractivity contribution in [2.45, 2.75) is 38.5 Å². The van der Waals surface area contributed by atoms with Gasteiger partial charge in [0.1, 0.15) is 0 Å². The van der Waals surface area contributed by atoms with Gasteiger partial charge in [-0.1, -0.05) is 19.3 Å². The minimum absolute atomic E-state index is 0. The summed E-state index contributed by atoms with van der Waals surface area (Å²) < 4.78 is 0. The largest absolute Gasteiger partial charge is 4.00 e. The summed E-state index contributed by atoms with van der Waals surface area (Å²) in [6, 6.07) is 0. The van der Waals surface area contributed by atoms with Gasteiger partial charge in [0.15, 0.2) is 0 Å². The minimum Gasteiger partial charge on any atom is -1.00 e. The van der Waals surface area contributed by atoms with Crippen LogP contribution in [0.3, 0.4) is 0 Å². The van der Waals surface area contributed by atoms with Crippen LogP contribution in [-0.2, 0) is 26.2 Å². The summed E-state index contributed by atoms with van der Waals surface area (Å²) in [7, 11) is 0. The van der Waals surface area contributed by atoms with Gasteiger partial charge in [-0.15, -0.1) is 6.42 Å². The van der Waals surface area contributed by atoms with E-state index < -0.39 is 0 Å². The molecule has 0 heterocycles. The molecular weight excluding hydrogens is 223 g/mol. The average Bonchev–Trinajstić information content (AvgIpc) is 2.64.